The van der Waals surface area contributed by atoms with Gasteiger partial charge in [0.2, 0.25) is 0 Å². The summed E-state index contributed by atoms with van der Waals surface area (Å²) in [6.45, 7) is 3.96. The van der Waals surface area contributed by atoms with Crippen molar-refractivity contribution in [2.75, 3.05) is 11.1 Å². The summed E-state index contributed by atoms with van der Waals surface area (Å²) in [4.78, 5) is 0. The highest BCUT2D eigenvalue weighted by molar-refractivity contribution is 9.10. The Morgan fingerprint density at radius 2 is 1.68 bits per heavy atom. The van der Waals surface area contributed by atoms with Crippen molar-refractivity contribution >= 4 is 33.0 Å². The molecule has 0 heterocycles. The van der Waals surface area contributed by atoms with Gasteiger partial charge in [0, 0.05) is 21.9 Å². The van der Waals surface area contributed by atoms with Gasteiger partial charge in [-0.05, 0) is 50.2 Å². The number of nitrogens with two attached hydrogens (primary N) is 1. The topological polar surface area (TPSA) is 47.3 Å². The molecule has 0 saturated carbocycles. The highest BCUT2D eigenvalue weighted by Crippen LogP contribution is 2.28. The lowest BCUT2D eigenvalue weighted by molar-refractivity contribution is 0.244. The standard InChI is InChI=1S/C15H17BrN2O/c1-10(2)19-15-9-13(7-8-14(15)17)18-12-5-3-11(16)4-6-12/h3-10,18H,17H2,1-2H3. The maximum atomic E-state index is 5.89. The second-order valence-electron chi connectivity index (χ2n) is 4.55. The molecule has 0 fully saturated rings. The third-order valence-electron chi connectivity index (χ3n) is 2.51. The molecule has 2 aromatic rings. The lowest BCUT2D eigenvalue weighted by Crippen LogP contribution is -2.07. The largest absolute Gasteiger partial charge is 0.489 e. The summed E-state index contributed by atoms with van der Waals surface area (Å²) >= 11 is 3.41. The van der Waals surface area contributed by atoms with Crippen molar-refractivity contribution in [2.24, 2.45) is 0 Å². The summed E-state index contributed by atoms with van der Waals surface area (Å²) in [5, 5.41) is 3.32. The molecule has 0 aromatic heterocycles. The molecular weight excluding hydrogens is 304 g/mol. The summed E-state index contributed by atoms with van der Waals surface area (Å²) in [5.41, 5.74) is 8.51. The first-order valence-electron chi connectivity index (χ1n) is 6.13. The number of anilines is 3. The maximum absolute atomic E-state index is 5.89. The van der Waals surface area contributed by atoms with Gasteiger partial charge in [0.15, 0.2) is 0 Å². The predicted octanol–water partition coefficient (Wildman–Crippen LogP) is 4.56. The summed E-state index contributed by atoms with van der Waals surface area (Å²) in [6, 6.07) is 13.7. The van der Waals surface area contributed by atoms with Crippen molar-refractivity contribution in [1.82, 2.24) is 0 Å². The Bertz CT molecular complexity index is 553. The van der Waals surface area contributed by atoms with Crippen LogP contribution in [0.15, 0.2) is 46.9 Å². The van der Waals surface area contributed by atoms with Crippen LogP contribution in [0.3, 0.4) is 0 Å². The molecule has 0 aliphatic carbocycles. The average molecular weight is 321 g/mol. The SMILES string of the molecule is CC(C)Oc1cc(Nc2ccc(Br)cc2)ccc1N. The molecule has 0 amide bonds. The number of rotatable bonds is 4. The van der Waals surface area contributed by atoms with E-state index >= 15 is 0 Å². The Labute approximate surface area is 121 Å². The summed E-state index contributed by atoms with van der Waals surface area (Å²) in [7, 11) is 0. The Kier molecular flexibility index (Phi) is 4.32. The van der Waals surface area contributed by atoms with Crippen molar-refractivity contribution in [3.63, 3.8) is 0 Å². The van der Waals surface area contributed by atoms with Crippen LogP contribution in [0.1, 0.15) is 13.8 Å². The van der Waals surface area contributed by atoms with Crippen molar-refractivity contribution in [1.29, 1.82) is 0 Å². The maximum Gasteiger partial charge on any atom is 0.144 e. The highest BCUT2D eigenvalue weighted by Gasteiger charge is 2.04. The van der Waals surface area contributed by atoms with Gasteiger partial charge in [0.25, 0.3) is 0 Å². The highest BCUT2D eigenvalue weighted by atomic mass is 79.9. The number of nitrogens with one attached hydrogen (secondary N) is 1. The van der Waals surface area contributed by atoms with Gasteiger partial charge in [0.05, 0.1) is 11.8 Å². The van der Waals surface area contributed by atoms with E-state index in [2.05, 4.69) is 21.2 Å². The van der Waals surface area contributed by atoms with Gasteiger partial charge in [-0.1, -0.05) is 15.9 Å². The van der Waals surface area contributed by atoms with Gasteiger partial charge < -0.3 is 15.8 Å². The fraction of sp³-hybridized carbons (Fsp3) is 0.200. The van der Waals surface area contributed by atoms with Gasteiger partial charge >= 0.3 is 0 Å². The normalized spacial score (nSPS) is 10.5. The van der Waals surface area contributed by atoms with E-state index in [1.165, 1.54) is 0 Å². The molecule has 0 spiro atoms. The van der Waals surface area contributed by atoms with Crippen LogP contribution >= 0.6 is 15.9 Å². The smallest absolute Gasteiger partial charge is 0.144 e. The molecule has 19 heavy (non-hydrogen) atoms. The van der Waals surface area contributed by atoms with Gasteiger partial charge in [-0.2, -0.15) is 0 Å². The van der Waals surface area contributed by atoms with Gasteiger partial charge in [-0.15, -0.1) is 0 Å². The van der Waals surface area contributed by atoms with Gasteiger partial charge in [0.1, 0.15) is 5.75 Å². The second kappa shape index (κ2) is 5.97. The molecule has 0 unspecified atom stereocenters. The van der Waals surface area contributed by atoms with E-state index in [1.54, 1.807) is 0 Å². The first kappa shape index (κ1) is 13.7. The van der Waals surface area contributed by atoms with Crippen molar-refractivity contribution in [3.05, 3.63) is 46.9 Å². The van der Waals surface area contributed by atoms with Crippen LogP contribution < -0.4 is 15.8 Å². The zero-order valence-corrected chi connectivity index (χ0v) is 12.6. The van der Waals surface area contributed by atoms with Gasteiger partial charge in [-0.25, -0.2) is 0 Å². The minimum Gasteiger partial charge on any atom is -0.489 e. The van der Waals surface area contributed by atoms with Crippen LogP contribution in [0.4, 0.5) is 17.1 Å². The van der Waals surface area contributed by atoms with E-state index < -0.39 is 0 Å². The molecule has 100 valence electrons. The zero-order chi connectivity index (χ0) is 13.8. The van der Waals surface area contributed by atoms with Crippen LogP contribution in [0, 0.1) is 0 Å². The molecule has 3 N–H and O–H groups in total. The summed E-state index contributed by atoms with van der Waals surface area (Å²) in [5.74, 6) is 0.706. The predicted molar refractivity (Wildman–Crippen MR) is 84.0 cm³/mol. The Morgan fingerprint density at radius 3 is 2.32 bits per heavy atom. The van der Waals surface area contributed by atoms with Crippen molar-refractivity contribution in [3.8, 4) is 5.75 Å². The molecule has 3 nitrogen and oxygen atoms in total. The number of ether oxygens (including phenoxy) is 1. The minimum absolute atomic E-state index is 0.102. The number of hydrogen-bond acceptors (Lipinski definition) is 3. The van der Waals surface area contributed by atoms with Crippen LogP contribution in [-0.2, 0) is 0 Å². The fourth-order valence-electron chi connectivity index (χ4n) is 1.67. The molecule has 0 saturated heterocycles. The van der Waals surface area contributed by atoms with E-state index in [4.69, 9.17) is 10.5 Å². The molecule has 4 heteroatoms. The number of nitrogen functional groups attached to an aromatic ring is 1. The first-order valence-corrected chi connectivity index (χ1v) is 6.92. The number of benzene rings is 2. The van der Waals surface area contributed by atoms with Crippen LogP contribution in [0.2, 0.25) is 0 Å². The number of halogens is 1. The van der Waals surface area contributed by atoms with Crippen molar-refractivity contribution in [2.45, 2.75) is 20.0 Å². The Morgan fingerprint density at radius 1 is 1.05 bits per heavy atom. The molecule has 0 aliphatic rings. The second-order valence-corrected chi connectivity index (χ2v) is 5.47. The van der Waals surface area contributed by atoms with E-state index in [9.17, 15) is 0 Å². The van der Waals surface area contributed by atoms with E-state index in [1.807, 2.05) is 56.3 Å². The fourth-order valence-corrected chi connectivity index (χ4v) is 1.93. The lowest BCUT2D eigenvalue weighted by atomic mass is 10.2. The van der Waals surface area contributed by atoms with Crippen LogP contribution in [-0.4, -0.2) is 6.10 Å². The molecule has 0 radical (unpaired) electrons. The first-order chi connectivity index (χ1) is 9.04. The van der Waals surface area contributed by atoms with Gasteiger partial charge in [-0.3, -0.25) is 0 Å². The number of hydrogen-bond donors (Lipinski definition) is 2. The quantitative estimate of drug-likeness (QED) is 0.812. The van der Waals surface area contributed by atoms with Crippen molar-refractivity contribution < 1.29 is 4.74 Å². The van der Waals surface area contributed by atoms with E-state index in [-0.39, 0.29) is 6.10 Å². The van der Waals surface area contributed by atoms with Crippen LogP contribution in [0.25, 0.3) is 0 Å². The average Bonchev–Trinajstić information content (AvgIpc) is 2.36. The summed E-state index contributed by atoms with van der Waals surface area (Å²) in [6.07, 6.45) is 0.102. The summed E-state index contributed by atoms with van der Waals surface area (Å²) < 4.78 is 6.72. The van der Waals surface area contributed by atoms with Crippen LogP contribution in [0.5, 0.6) is 5.75 Å². The third kappa shape index (κ3) is 3.89. The van der Waals surface area contributed by atoms with E-state index in [0.29, 0.717) is 11.4 Å². The Hall–Kier alpha value is -1.68. The lowest BCUT2D eigenvalue weighted by Gasteiger charge is -2.14. The molecule has 0 aliphatic heterocycles. The molecule has 2 rings (SSSR count). The zero-order valence-electron chi connectivity index (χ0n) is 11.0. The Balaban J connectivity index is 2.18. The minimum atomic E-state index is 0.102. The van der Waals surface area contributed by atoms with E-state index in [0.717, 1.165) is 15.8 Å². The molecule has 0 bridgehead atoms. The molecule has 0 atom stereocenters. The monoisotopic (exact) mass is 320 g/mol. The molecule has 2 aromatic carbocycles. The molecular formula is C15H17BrN2O. The third-order valence-corrected chi connectivity index (χ3v) is 3.04.